The van der Waals surface area contributed by atoms with Crippen LogP contribution in [0.2, 0.25) is 5.02 Å². The zero-order valence-corrected chi connectivity index (χ0v) is 75.0. The second-order valence-corrected chi connectivity index (χ2v) is 34.1. The molecule has 4 saturated heterocycles. The zero-order valence-electron chi connectivity index (χ0n) is 74.3. The quantitative estimate of drug-likeness (QED) is 0.0373. The number of para-hydroxylation sites is 5. The third-order valence-electron chi connectivity index (χ3n) is 24.3. The molecule has 0 aliphatic carbocycles. The Kier molecular flexibility index (Phi) is 24.0. The molecule has 133 heavy (non-hydrogen) atoms. The molecule has 0 bridgehead atoms. The molecule has 0 spiro atoms. The minimum Gasteiger partial charge on any atom is -0.378 e. The van der Waals surface area contributed by atoms with Crippen molar-refractivity contribution in [1.29, 1.82) is 0 Å². The topological polar surface area (TPSA) is 340 Å². The standard InChI is InChI=1S/C27H26N6O.C25H26N8.C24H23ClN8O.C24H24N8/c1-19-6-4-10-22(16-19)33-18-29-24-25(30-27(31-26(24)33)32-12-14-34-15-13-32)28-17-21-9-5-8-20-7-2-3-11-23(20)21;1-17-8-7-9-18(14-17)33-16-27-22-23(26-15-21-28-19-10-3-4-11-20(19)29-21)30-25(31-24(22)33)32-12-5-2-6-13-32;1-15-4-2-5-16(12-15)33-14-27-21-22(30-24(31-23(21)33)32-8-10-34-11-9-32)26-13-19-28-18-7-3-6-17(25)20(18)29-19;1-16-7-6-8-17(13-16)32-15-26-21-22(29-24(30-23(21)32)31-11-4-5-12-31)25-14-20-27-18-9-2-3-10-19(18)28-20/h2-11,16,18H,12-15,17H2,1H3,(H,28,30,31);3-4,7-11,14,16H,2,5-6,12-13,15H2,1H3,(H,28,29)(H,26,30,31);2-7,12,14H,8-11,13H2,1H3,(H,28,29)(H,26,30,31);2-3,6-10,13,15H,4-5,11-12,14H2,1H3,(H,27,28)(H,25,29,30). The number of morpholine rings is 2. The molecule has 33 heteroatoms. The van der Waals surface area contributed by atoms with Gasteiger partial charge in [-0.2, -0.15) is 39.9 Å². The Hall–Kier alpha value is -15.5. The summed E-state index contributed by atoms with van der Waals surface area (Å²) < 4.78 is 19.2. The number of H-pyrrole nitrogens is 3. The van der Waals surface area contributed by atoms with Crippen molar-refractivity contribution in [2.75, 3.05) is 120 Å². The van der Waals surface area contributed by atoms with Crippen LogP contribution in [0.4, 0.5) is 47.1 Å². The minimum atomic E-state index is 0.441. The van der Waals surface area contributed by atoms with E-state index in [0.29, 0.717) is 80.9 Å². The van der Waals surface area contributed by atoms with E-state index in [1.165, 1.54) is 70.7 Å². The third-order valence-corrected chi connectivity index (χ3v) is 24.6. The van der Waals surface area contributed by atoms with E-state index in [1.54, 1.807) is 6.33 Å². The van der Waals surface area contributed by atoms with Crippen LogP contribution < -0.4 is 40.9 Å². The van der Waals surface area contributed by atoms with Gasteiger partial charge in [-0.25, -0.2) is 34.9 Å². The van der Waals surface area contributed by atoms with Gasteiger partial charge in [-0.3, -0.25) is 18.3 Å². The van der Waals surface area contributed by atoms with E-state index < -0.39 is 0 Å². The zero-order chi connectivity index (χ0) is 89.7. The maximum Gasteiger partial charge on any atom is 0.229 e. The monoisotopic (exact) mass is 1790 g/mol. The second-order valence-electron chi connectivity index (χ2n) is 33.7. The Morgan fingerprint density at radius 1 is 0.308 bits per heavy atom. The molecule has 11 aromatic heterocycles. The van der Waals surface area contributed by atoms with Crippen LogP contribution in [-0.4, -0.2) is 187 Å². The van der Waals surface area contributed by atoms with Crippen molar-refractivity contribution in [3.63, 3.8) is 0 Å². The molecule has 0 radical (unpaired) electrons. The first kappa shape index (κ1) is 84.3. The van der Waals surface area contributed by atoms with Gasteiger partial charge in [0.25, 0.3) is 0 Å². The van der Waals surface area contributed by atoms with Crippen molar-refractivity contribution < 1.29 is 9.47 Å². The SMILES string of the molecule is Cc1cccc(-n2cnc3c(NCc4cccc5ccccc45)nc(N4CCOCC4)nc32)c1.Cc1cccc(-n2cnc3c(NCc4nc5c(Cl)cccc5[nH]4)nc(N4CCOCC4)nc32)c1.Cc1cccc(-n2cnc3c(NCc4nc5ccccc5[nH]4)nc(N4CCCC4)nc32)c1.Cc1cccc(-n2cnc3c(NCc4nc5ccccc5[nH]4)nc(N4CCCCC4)nc32)c1. The molecule has 9 aromatic carbocycles. The van der Waals surface area contributed by atoms with Crippen molar-refractivity contribution in [3.05, 3.63) is 282 Å². The van der Waals surface area contributed by atoms with Gasteiger partial charge in [0.05, 0.1) is 78.7 Å². The highest BCUT2D eigenvalue weighted by Crippen LogP contribution is 2.35. The van der Waals surface area contributed by atoms with Crippen molar-refractivity contribution in [3.8, 4) is 22.7 Å². The molecule has 15 heterocycles. The van der Waals surface area contributed by atoms with Crippen molar-refractivity contribution >= 4 is 147 Å². The Balaban J connectivity index is 0.000000107. The first-order valence-corrected chi connectivity index (χ1v) is 45.6. The normalized spacial score (nSPS) is 14.1. The fraction of sp³-hybridized carbons (Fsp3) is 0.250. The summed E-state index contributed by atoms with van der Waals surface area (Å²) in [6, 6.07) is 70.0. The van der Waals surface area contributed by atoms with Gasteiger partial charge in [-0.15, -0.1) is 0 Å². The maximum absolute atomic E-state index is 6.29. The molecular weight excluding hydrogens is 1690 g/mol. The number of aromatic nitrogens is 22. The number of anilines is 8. The van der Waals surface area contributed by atoms with E-state index in [1.807, 2.05) is 110 Å². The molecule has 0 unspecified atom stereocenters. The largest absolute Gasteiger partial charge is 0.378 e. The number of aryl methyl sites for hydroxylation is 4. The second kappa shape index (κ2) is 37.9. The number of fused-ring (bicyclic) bond motifs is 8. The molecule has 0 amide bonds. The number of hydrogen-bond acceptors (Lipinski definition) is 25. The van der Waals surface area contributed by atoms with Crippen molar-refractivity contribution in [2.24, 2.45) is 0 Å². The average Bonchev–Trinajstić information content (AvgIpc) is 1.61. The van der Waals surface area contributed by atoms with Gasteiger partial charge in [0.1, 0.15) is 48.3 Å². The summed E-state index contributed by atoms with van der Waals surface area (Å²) in [7, 11) is 0. The first-order valence-electron chi connectivity index (χ1n) is 45.3. The summed E-state index contributed by atoms with van der Waals surface area (Å²) in [5.41, 5.74) is 21.9. The smallest absolute Gasteiger partial charge is 0.229 e. The van der Waals surface area contributed by atoms with E-state index in [9.17, 15) is 0 Å². The van der Waals surface area contributed by atoms with Crippen molar-refractivity contribution in [1.82, 2.24) is 108 Å². The highest BCUT2D eigenvalue weighted by molar-refractivity contribution is 6.34. The number of rotatable bonds is 20. The summed E-state index contributed by atoms with van der Waals surface area (Å²) in [4.78, 5) is 90.9. The summed E-state index contributed by atoms with van der Waals surface area (Å²) >= 11 is 6.29. The number of hydrogen-bond donors (Lipinski definition) is 7. The van der Waals surface area contributed by atoms with Crippen LogP contribution in [-0.2, 0) is 35.7 Å². The van der Waals surface area contributed by atoms with Crippen LogP contribution in [0.25, 0.3) is 111 Å². The average molecular weight is 1790 g/mol. The Bertz CT molecular complexity index is 7500. The molecular formula is C100H99ClN30O2. The number of benzene rings is 9. The van der Waals surface area contributed by atoms with E-state index >= 15 is 0 Å². The van der Waals surface area contributed by atoms with Gasteiger partial charge in [0.15, 0.2) is 67.9 Å². The first-order chi connectivity index (χ1) is 65.4. The van der Waals surface area contributed by atoms with Gasteiger partial charge in [-0.1, -0.05) is 133 Å². The summed E-state index contributed by atoms with van der Waals surface area (Å²) in [6.45, 7) is 20.1. The molecule has 4 fully saturated rings. The number of halogens is 1. The third kappa shape index (κ3) is 18.3. The molecule has 7 N–H and O–H groups in total. The van der Waals surface area contributed by atoms with Crippen LogP contribution in [0.15, 0.2) is 232 Å². The molecule has 4 aliphatic heterocycles. The molecule has 24 rings (SSSR count). The summed E-state index contributed by atoms with van der Waals surface area (Å²) in [5.74, 6) is 8.19. The number of ether oxygens (including phenoxy) is 2. The molecule has 4 aliphatic rings. The lowest BCUT2D eigenvalue weighted by atomic mass is 10.0. The lowest BCUT2D eigenvalue weighted by molar-refractivity contribution is 0.122. The predicted octanol–water partition coefficient (Wildman–Crippen LogP) is 17.6. The Morgan fingerprint density at radius 2 is 0.639 bits per heavy atom. The minimum absolute atomic E-state index is 0.441. The van der Waals surface area contributed by atoms with E-state index in [4.69, 9.17) is 70.9 Å². The molecule has 20 aromatic rings. The summed E-state index contributed by atoms with van der Waals surface area (Å²) in [5, 5.41) is 17.0. The van der Waals surface area contributed by atoms with Crippen LogP contribution in [0.3, 0.4) is 0 Å². The van der Waals surface area contributed by atoms with Crippen LogP contribution in [0.5, 0.6) is 0 Å². The van der Waals surface area contributed by atoms with Gasteiger partial charge in [0.2, 0.25) is 23.8 Å². The van der Waals surface area contributed by atoms with Crippen LogP contribution >= 0.6 is 11.6 Å². The van der Waals surface area contributed by atoms with E-state index in [2.05, 4.69) is 242 Å². The lowest BCUT2D eigenvalue weighted by Crippen LogP contribution is -2.37. The molecule has 32 nitrogen and oxygen atoms in total. The molecule has 668 valence electrons. The number of imidazole rings is 7. The van der Waals surface area contributed by atoms with E-state index in [-0.39, 0.29) is 0 Å². The Morgan fingerprint density at radius 3 is 1.04 bits per heavy atom. The van der Waals surface area contributed by atoms with Crippen LogP contribution in [0.1, 0.15) is 77.4 Å². The highest BCUT2D eigenvalue weighted by Gasteiger charge is 2.27. The van der Waals surface area contributed by atoms with E-state index in [0.717, 1.165) is 194 Å². The fourth-order valence-corrected chi connectivity index (χ4v) is 17.7. The maximum atomic E-state index is 6.29. The highest BCUT2D eigenvalue weighted by atomic mass is 35.5. The Labute approximate surface area is 770 Å². The molecule has 0 atom stereocenters. The number of nitrogens with zero attached hydrogens (tertiary/aromatic N) is 23. The van der Waals surface area contributed by atoms with Gasteiger partial charge in [-0.05, 0) is 183 Å². The number of aromatic amines is 3. The van der Waals surface area contributed by atoms with Gasteiger partial charge in [0, 0.05) is 81.7 Å². The number of piperidine rings is 1. The van der Waals surface area contributed by atoms with Crippen molar-refractivity contribution in [2.45, 2.75) is 86.0 Å². The molecule has 0 saturated carbocycles. The lowest BCUT2D eigenvalue weighted by Gasteiger charge is -2.27. The van der Waals surface area contributed by atoms with Gasteiger partial charge < -0.3 is 65.3 Å². The number of nitrogens with one attached hydrogen (secondary N) is 7. The van der Waals surface area contributed by atoms with Gasteiger partial charge >= 0.3 is 0 Å². The predicted molar refractivity (Wildman–Crippen MR) is 526 cm³/mol. The summed E-state index contributed by atoms with van der Waals surface area (Å²) in [6.07, 6.45) is 13.2. The van der Waals surface area contributed by atoms with Crippen LogP contribution in [0, 0.1) is 27.7 Å². The fourth-order valence-electron chi connectivity index (χ4n) is 17.5.